The van der Waals surface area contributed by atoms with Crippen LogP contribution in [0.5, 0.6) is 0 Å². The van der Waals surface area contributed by atoms with E-state index >= 15 is 0 Å². The van der Waals surface area contributed by atoms with Gasteiger partial charge in [0.1, 0.15) is 0 Å². The minimum absolute atomic E-state index is 0.0160. The largest absolute Gasteiger partial charge is 0.354 e. The van der Waals surface area contributed by atoms with Gasteiger partial charge in [-0.15, -0.1) is 10.2 Å². The monoisotopic (exact) mass is 286 g/mol. The van der Waals surface area contributed by atoms with Crippen molar-refractivity contribution < 1.29 is 9.59 Å². The molecule has 2 amide bonds. The van der Waals surface area contributed by atoms with Crippen molar-refractivity contribution in [2.45, 2.75) is 6.42 Å². The van der Waals surface area contributed by atoms with Gasteiger partial charge in [-0.1, -0.05) is 12.1 Å². The Bertz CT molecular complexity index is 637. The minimum atomic E-state index is -0.0776. The molecule has 0 unspecified atom stereocenters. The SMILES string of the molecule is O=C1CCN(C(=O)c2ccc(-c3nn[nH]n3)cc2)CCN1. The van der Waals surface area contributed by atoms with Crippen LogP contribution < -0.4 is 5.32 Å². The highest BCUT2D eigenvalue weighted by molar-refractivity contribution is 5.95. The molecule has 8 heteroatoms. The van der Waals surface area contributed by atoms with Gasteiger partial charge in [-0.25, -0.2) is 0 Å². The standard InChI is InChI=1S/C13H14N6O2/c20-11-5-7-19(8-6-14-11)13(21)10-3-1-9(2-4-10)12-15-17-18-16-12/h1-4H,5-8H2,(H,14,20)(H,15,16,17,18). The Morgan fingerprint density at radius 3 is 2.71 bits per heavy atom. The predicted octanol–water partition coefficient (Wildman–Crippen LogP) is -0.171. The lowest BCUT2D eigenvalue weighted by Crippen LogP contribution is -2.34. The number of aromatic nitrogens is 4. The fourth-order valence-corrected chi connectivity index (χ4v) is 2.20. The fourth-order valence-electron chi connectivity index (χ4n) is 2.20. The summed E-state index contributed by atoms with van der Waals surface area (Å²) < 4.78 is 0. The van der Waals surface area contributed by atoms with E-state index in [0.717, 1.165) is 5.56 Å². The number of rotatable bonds is 2. The Hall–Kier alpha value is -2.77. The van der Waals surface area contributed by atoms with E-state index in [9.17, 15) is 9.59 Å². The average molecular weight is 286 g/mol. The van der Waals surface area contributed by atoms with Gasteiger partial charge in [-0.3, -0.25) is 9.59 Å². The number of amides is 2. The van der Waals surface area contributed by atoms with Crippen LogP contribution in [0.15, 0.2) is 24.3 Å². The van der Waals surface area contributed by atoms with E-state index < -0.39 is 0 Å². The molecule has 0 aliphatic carbocycles. The summed E-state index contributed by atoms with van der Waals surface area (Å²) in [4.78, 5) is 25.4. The molecule has 2 heterocycles. The van der Waals surface area contributed by atoms with Crippen molar-refractivity contribution in [3.8, 4) is 11.4 Å². The zero-order valence-electron chi connectivity index (χ0n) is 11.2. The summed E-state index contributed by atoms with van der Waals surface area (Å²) in [5.41, 5.74) is 1.37. The molecule has 8 nitrogen and oxygen atoms in total. The molecule has 3 rings (SSSR count). The number of aromatic amines is 1. The first-order valence-corrected chi connectivity index (χ1v) is 6.64. The number of nitrogens with one attached hydrogen (secondary N) is 2. The third-order valence-electron chi connectivity index (χ3n) is 3.34. The van der Waals surface area contributed by atoms with Gasteiger partial charge in [-0.05, 0) is 17.3 Å². The van der Waals surface area contributed by atoms with Crippen LogP contribution >= 0.6 is 0 Å². The highest BCUT2D eigenvalue weighted by Gasteiger charge is 2.19. The van der Waals surface area contributed by atoms with E-state index in [1.54, 1.807) is 29.2 Å². The van der Waals surface area contributed by atoms with Crippen LogP contribution in [0.3, 0.4) is 0 Å². The topological polar surface area (TPSA) is 104 Å². The number of H-pyrrole nitrogens is 1. The highest BCUT2D eigenvalue weighted by atomic mass is 16.2. The van der Waals surface area contributed by atoms with Gasteiger partial charge in [0.2, 0.25) is 11.7 Å². The lowest BCUT2D eigenvalue weighted by atomic mass is 10.1. The zero-order valence-corrected chi connectivity index (χ0v) is 11.2. The summed E-state index contributed by atoms with van der Waals surface area (Å²) in [5, 5.41) is 16.4. The Balaban J connectivity index is 1.74. The van der Waals surface area contributed by atoms with Gasteiger partial charge in [0.15, 0.2) is 0 Å². The van der Waals surface area contributed by atoms with Crippen molar-refractivity contribution in [3.63, 3.8) is 0 Å². The zero-order chi connectivity index (χ0) is 14.7. The molecule has 1 aromatic heterocycles. The molecule has 1 fully saturated rings. The van der Waals surface area contributed by atoms with Crippen LogP contribution in [0.25, 0.3) is 11.4 Å². The maximum Gasteiger partial charge on any atom is 0.253 e. The van der Waals surface area contributed by atoms with E-state index in [2.05, 4.69) is 25.9 Å². The summed E-state index contributed by atoms with van der Waals surface area (Å²) in [6.07, 6.45) is 0.340. The van der Waals surface area contributed by atoms with Crippen molar-refractivity contribution in [2.24, 2.45) is 0 Å². The number of benzene rings is 1. The van der Waals surface area contributed by atoms with Gasteiger partial charge in [0.25, 0.3) is 5.91 Å². The molecule has 1 aliphatic rings. The second-order valence-corrected chi connectivity index (χ2v) is 4.70. The maximum absolute atomic E-state index is 12.4. The summed E-state index contributed by atoms with van der Waals surface area (Å²) in [6.45, 7) is 1.46. The Labute approximate surface area is 120 Å². The minimum Gasteiger partial charge on any atom is -0.354 e. The van der Waals surface area contributed by atoms with Gasteiger partial charge >= 0.3 is 0 Å². The van der Waals surface area contributed by atoms with E-state index in [0.29, 0.717) is 37.4 Å². The number of tetrazole rings is 1. The van der Waals surface area contributed by atoms with E-state index in [1.807, 2.05) is 0 Å². The normalized spacial score (nSPS) is 15.4. The fraction of sp³-hybridized carbons (Fsp3) is 0.308. The Kier molecular flexibility index (Phi) is 3.59. The molecule has 0 spiro atoms. The molecule has 0 saturated carbocycles. The molecule has 2 N–H and O–H groups in total. The molecular weight excluding hydrogens is 272 g/mol. The predicted molar refractivity (Wildman–Crippen MR) is 73.1 cm³/mol. The molecule has 2 aromatic rings. The van der Waals surface area contributed by atoms with Crippen molar-refractivity contribution in [1.82, 2.24) is 30.8 Å². The maximum atomic E-state index is 12.4. The van der Waals surface area contributed by atoms with Crippen molar-refractivity contribution >= 4 is 11.8 Å². The average Bonchev–Trinajstić information content (AvgIpc) is 2.96. The van der Waals surface area contributed by atoms with Crippen molar-refractivity contribution in [2.75, 3.05) is 19.6 Å². The molecule has 1 aliphatic heterocycles. The molecule has 108 valence electrons. The van der Waals surface area contributed by atoms with Crippen molar-refractivity contribution in [3.05, 3.63) is 29.8 Å². The number of hydrogen-bond acceptors (Lipinski definition) is 5. The number of carbonyl (C=O) groups is 2. The van der Waals surface area contributed by atoms with E-state index in [4.69, 9.17) is 0 Å². The van der Waals surface area contributed by atoms with Crippen LogP contribution in [0.2, 0.25) is 0 Å². The summed E-state index contributed by atoms with van der Waals surface area (Å²) in [7, 11) is 0. The lowest BCUT2D eigenvalue weighted by Gasteiger charge is -2.19. The molecule has 0 radical (unpaired) electrons. The molecule has 0 bridgehead atoms. The molecule has 1 aromatic carbocycles. The lowest BCUT2D eigenvalue weighted by molar-refractivity contribution is -0.120. The summed E-state index contributed by atoms with van der Waals surface area (Å²) in [6, 6.07) is 7.01. The first kappa shape index (κ1) is 13.2. The molecule has 1 saturated heterocycles. The smallest absolute Gasteiger partial charge is 0.253 e. The van der Waals surface area contributed by atoms with Gasteiger partial charge in [0, 0.05) is 37.2 Å². The second-order valence-electron chi connectivity index (χ2n) is 4.70. The summed E-state index contributed by atoms with van der Waals surface area (Å²) >= 11 is 0. The second kappa shape index (κ2) is 5.70. The third kappa shape index (κ3) is 2.88. The van der Waals surface area contributed by atoms with Crippen LogP contribution in [0, 0.1) is 0 Å². The van der Waals surface area contributed by atoms with Gasteiger partial charge in [0.05, 0.1) is 0 Å². The van der Waals surface area contributed by atoms with Crippen molar-refractivity contribution in [1.29, 1.82) is 0 Å². The molecular formula is C13H14N6O2. The Morgan fingerprint density at radius 2 is 2.00 bits per heavy atom. The first-order valence-electron chi connectivity index (χ1n) is 6.64. The van der Waals surface area contributed by atoms with Crippen LogP contribution in [-0.4, -0.2) is 57.0 Å². The van der Waals surface area contributed by atoms with Gasteiger partial charge in [-0.2, -0.15) is 5.21 Å². The molecule has 0 atom stereocenters. The molecule has 21 heavy (non-hydrogen) atoms. The van der Waals surface area contributed by atoms with Crippen LogP contribution in [-0.2, 0) is 4.79 Å². The number of nitrogens with zero attached hydrogens (tertiary/aromatic N) is 4. The quantitative estimate of drug-likeness (QED) is 0.797. The van der Waals surface area contributed by atoms with Crippen LogP contribution in [0.4, 0.5) is 0 Å². The number of hydrogen-bond donors (Lipinski definition) is 2. The Morgan fingerprint density at radius 1 is 1.19 bits per heavy atom. The third-order valence-corrected chi connectivity index (χ3v) is 3.34. The first-order chi connectivity index (χ1) is 10.2. The highest BCUT2D eigenvalue weighted by Crippen LogP contribution is 2.15. The van der Waals surface area contributed by atoms with E-state index in [1.165, 1.54) is 0 Å². The van der Waals surface area contributed by atoms with E-state index in [-0.39, 0.29) is 11.8 Å². The number of carbonyl (C=O) groups excluding carboxylic acids is 2. The summed E-state index contributed by atoms with van der Waals surface area (Å²) in [5.74, 6) is 0.391. The van der Waals surface area contributed by atoms with Gasteiger partial charge < -0.3 is 10.2 Å². The van der Waals surface area contributed by atoms with Crippen LogP contribution in [0.1, 0.15) is 16.8 Å².